The normalized spacial score (nSPS) is 31.1. The highest BCUT2D eigenvalue weighted by atomic mass is 16.4. The second-order valence-corrected chi connectivity index (χ2v) is 5.98. The van der Waals surface area contributed by atoms with Gasteiger partial charge in [-0.15, -0.1) is 0 Å². The third-order valence-corrected chi connectivity index (χ3v) is 4.71. The Hall–Kier alpha value is -2.10. The smallest absolute Gasteiger partial charge is 0.307 e. The first-order valence-electron chi connectivity index (χ1n) is 7.34. The first-order chi connectivity index (χ1) is 10.1. The summed E-state index contributed by atoms with van der Waals surface area (Å²) in [6.45, 7) is 1.92. The van der Waals surface area contributed by atoms with Crippen LogP contribution in [0.25, 0.3) is 0 Å². The minimum absolute atomic E-state index is 0.00952. The molecule has 1 saturated carbocycles. The van der Waals surface area contributed by atoms with Crippen molar-refractivity contribution >= 4 is 11.9 Å². The van der Waals surface area contributed by atoms with Crippen LogP contribution in [0, 0.1) is 23.7 Å². The zero-order chi connectivity index (χ0) is 15.0. The van der Waals surface area contributed by atoms with E-state index in [1.807, 2.05) is 49.4 Å². The highest BCUT2D eigenvalue weighted by Crippen LogP contribution is 2.48. The molecular formula is C17H19NO3. The first-order valence-corrected chi connectivity index (χ1v) is 7.34. The fourth-order valence-electron chi connectivity index (χ4n) is 3.65. The van der Waals surface area contributed by atoms with Crippen LogP contribution in [0.5, 0.6) is 0 Å². The Morgan fingerprint density at radius 3 is 2.38 bits per heavy atom. The molecule has 5 atom stereocenters. The molecule has 1 aromatic rings. The molecule has 0 spiro atoms. The quantitative estimate of drug-likeness (QED) is 0.835. The van der Waals surface area contributed by atoms with Crippen molar-refractivity contribution in [3.8, 4) is 0 Å². The van der Waals surface area contributed by atoms with Crippen LogP contribution in [-0.2, 0) is 9.59 Å². The highest BCUT2D eigenvalue weighted by Gasteiger charge is 2.51. The van der Waals surface area contributed by atoms with Gasteiger partial charge in [0.1, 0.15) is 0 Å². The molecule has 1 aromatic carbocycles. The summed E-state index contributed by atoms with van der Waals surface area (Å²) in [7, 11) is 0. The molecule has 110 valence electrons. The van der Waals surface area contributed by atoms with Crippen LogP contribution in [0.2, 0.25) is 0 Å². The van der Waals surface area contributed by atoms with Gasteiger partial charge in [0.15, 0.2) is 0 Å². The van der Waals surface area contributed by atoms with Crippen molar-refractivity contribution in [2.75, 3.05) is 0 Å². The number of benzene rings is 1. The van der Waals surface area contributed by atoms with Crippen LogP contribution in [0.3, 0.4) is 0 Å². The van der Waals surface area contributed by atoms with Crippen LogP contribution in [0.1, 0.15) is 24.9 Å². The largest absolute Gasteiger partial charge is 0.481 e. The van der Waals surface area contributed by atoms with Crippen LogP contribution < -0.4 is 5.32 Å². The van der Waals surface area contributed by atoms with Gasteiger partial charge in [0.2, 0.25) is 5.91 Å². The van der Waals surface area contributed by atoms with Crippen molar-refractivity contribution in [3.05, 3.63) is 48.0 Å². The average molecular weight is 285 g/mol. The topological polar surface area (TPSA) is 66.4 Å². The van der Waals surface area contributed by atoms with E-state index >= 15 is 0 Å². The van der Waals surface area contributed by atoms with Crippen molar-refractivity contribution in [2.45, 2.75) is 19.4 Å². The summed E-state index contributed by atoms with van der Waals surface area (Å²) in [4.78, 5) is 24.0. The van der Waals surface area contributed by atoms with Crippen LogP contribution in [0.15, 0.2) is 42.5 Å². The van der Waals surface area contributed by atoms with Gasteiger partial charge < -0.3 is 10.4 Å². The number of nitrogens with one attached hydrogen (secondary N) is 1. The van der Waals surface area contributed by atoms with Gasteiger partial charge >= 0.3 is 5.97 Å². The van der Waals surface area contributed by atoms with Gasteiger partial charge in [0.25, 0.3) is 0 Å². The molecular weight excluding hydrogens is 266 g/mol. The molecule has 0 aliphatic heterocycles. The van der Waals surface area contributed by atoms with Crippen LogP contribution in [0.4, 0.5) is 0 Å². The van der Waals surface area contributed by atoms with Crippen molar-refractivity contribution in [3.63, 3.8) is 0 Å². The molecule has 4 nitrogen and oxygen atoms in total. The fourth-order valence-corrected chi connectivity index (χ4v) is 3.65. The minimum atomic E-state index is -0.862. The number of amides is 1. The highest BCUT2D eigenvalue weighted by molar-refractivity contribution is 5.87. The molecule has 0 heterocycles. The van der Waals surface area contributed by atoms with Gasteiger partial charge in [-0.25, -0.2) is 0 Å². The van der Waals surface area contributed by atoms with E-state index in [4.69, 9.17) is 0 Å². The molecule has 1 fully saturated rings. The van der Waals surface area contributed by atoms with Gasteiger partial charge in [0.05, 0.1) is 17.9 Å². The lowest BCUT2D eigenvalue weighted by molar-refractivity contribution is -0.148. The number of aliphatic carboxylic acids is 1. The summed E-state index contributed by atoms with van der Waals surface area (Å²) in [5.41, 5.74) is 1.02. The Balaban J connectivity index is 1.73. The lowest BCUT2D eigenvalue weighted by Gasteiger charge is -2.25. The van der Waals surface area contributed by atoms with Crippen LogP contribution in [-0.4, -0.2) is 17.0 Å². The predicted octanol–water partition coefficient (Wildman–Crippen LogP) is 2.39. The number of fused-ring (bicyclic) bond motifs is 2. The molecule has 0 aromatic heterocycles. The molecule has 4 heteroatoms. The molecule has 1 amide bonds. The van der Waals surface area contributed by atoms with Crippen molar-refractivity contribution in [2.24, 2.45) is 23.7 Å². The summed E-state index contributed by atoms with van der Waals surface area (Å²) in [6, 6.07) is 9.59. The van der Waals surface area contributed by atoms with E-state index in [0.717, 1.165) is 12.0 Å². The van der Waals surface area contributed by atoms with E-state index in [1.165, 1.54) is 0 Å². The molecule has 2 aliphatic carbocycles. The Bertz CT molecular complexity index is 581. The number of carboxylic acid groups (broad SMARTS) is 1. The zero-order valence-corrected chi connectivity index (χ0v) is 11.9. The van der Waals surface area contributed by atoms with E-state index in [1.54, 1.807) is 0 Å². The van der Waals surface area contributed by atoms with E-state index in [-0.39, 0.29) is 23.8 Å². The van der Waals surface area contributed by atoms with Crippen molar-refractivity contribution < 1.29 is 14.7 Å². The van der Waals surface area contributed by atoms with Gasteiger partial charge in [-0.3, -0.25) is 9.59 Å². The molecule has 2 N–H and O–H groups in total. The third-order valence-electron chi connectivity index (χ3n) is 4.71. The Morgan fingerprint density at radius 2 is 1.76 bits per heavy atom. The predicted molar refractivity (Wildman–Crippen MR) is 78.4 cm³/mol. The summed E-state index contributed by atoms with van der Waals surface area (Å²) in [5, 5.41) is 12.4. The molecule has 2 bridgehead atoms. The molecule has 3 rings (SSSR count). The lowest BCUT2D eigenvalue weighted by Crippen LogP contribution is -2.41. The molecule has 2 aliphatic rings. The number of carboxylic acids is 1. The van der Waals surface area contributed by atoms with Gasteiger partial charge in [-0.05, 0) is 30.7 Å². The fraction of sp³-hybridized carbons (Fsp3) is 0.412. The number of carbonyl (C=O) groups excluding carboxylic acids is 1. The summed E-state index contributed by atoms with van der Waals surface area (Å²) < 4.78 is 0. The first kappa shape index (κ1) is 13.9. The molecule has 2 unspecified atom stereocenters. The number of hydrogen-bond acceptors (Lipinski definition) is 2. The molecule has 21 heavy (non-hydrogen) atoms. The third kappa shape index (κ3) is 2.46. The second kappa shape index (κ2) is 5.35. The maximum atomic E-state index is 12.5. The van der Waals surface area contributed by atoms with Gasteiger partial charge in [-0.2, -0.15) is 0 Å². The maximum absolute atomic E-state index is 12.5. The Morgan fingerprint density at radius 1 is 1.14 bits per heavy atom. The van der Waals surface area contributed by atoms with Crippen molar-refractivity contribution in [1.29, 1.82) is 0 Å². The van der Waals surface area contributed by atoms with E-state index < -0.39 is 17.8 Å². The van der Waals surface area contributed by atoms with E-state index in [0.29, 0.717) is 0 Å². The number of hydrogen-bond donors (Lipinski definition) is 2. The zero-order valence-electron chi connectivity index (χ0n) is 11.9. The van der Waals surface area contributed by atoms with E-state index in [9.17, 15) is 14.7 Å². The summed E-state index contributed by atoms with van der Waals surface area (Å²) in [5.74, 6) is -1.95. The van der Waals surface area contributed by atoms with E-state index in [2.05, 4.69) is 5.32 Å². The van der Waals surface area contributed by atoms with Gasteiger partial charge in [0, 0.05) is 0 Å². The summed E-state index contributed by atoms with van der Waals surface area (Å²) >= 11 is 0. The number of rotatable bonds is 4. The molecule has 0 radical (unpaired) electrons. The average Bonchev–Trinajstić information content (AvgIpc) is 3.08. The van der Waals surface area contributed by atoms with Crippen molar-refractivity contribution in [1.82, 2.24) is 5.32 Å². The minimum Gasteiger partial charge on any atom is -0.481 e. The number of carbonyl (C=O) groups is 2. The number of allylic oxidation sites excluding steroid dienone is 2. The van der Waals surface area contributed by atoms with Crippen LogP contribution >= 0.6 is 0 Å². The second-order valence-electron chi connectivity index (χ2n) is 5.98. The SMILES string of the molecule is C[C@@H](NC(=O)[C@H]1C2C=CC(C2)[C@H]1C(=O)O)c1ccccc1. The summed E-state index contributed by atoms with van der Waals surface area (Å²) in [6.07, 6.45) is 4.74. The Labute approximate surface area is 123 Å². The molecule has 0 saturated heterocycles. The maximum Gasteiger partial charge on any atom is 0.307 e. The standard InChI is InChI=1S/C17H19NO3/c1-10(11-5-3-2-4-6-11)18-16(19)14-12-7-8-13(9-12)15(14)17(20)21/h2-8,10,12-15H,9H2,1H3,(H,18,19)(H,20,21)/t10-,12?,13?,14+,15-/m1/s1. The van der Waals surface area contributed by atoms with Gasteiger partial charge in [-0.1, -0.05) is 42.5 Å². The lowest BCUT2D eigenvalue weighted by atomic mass is 9.82. The monoisotopic (exact) mass is 285 g/mol. The Kier molecular flexibility index (Phi) is 3.53.